The third-order valence-corrected chi connectivity index (χ3v) is 3.40. The van der Waals surface area contributed by atoms with Crippen molar-refractivity contribution in [2.45, 2.75) is 47.1 Å². The van der Waals surface area contributed by atoms with Gasteiger partial charge in [-0.05, 0) is 43.0 Å². The van der Waals surface area contributed by atoms with Crippen LogP contribution in [0.5, 0.6) is 0 Å². The lowest BCUT2D eigenvalue weighted by Crippen LogP contribution is -2.20. The van der Waals surface area contributed by atoms with E-state index in [1.165, 1.54) is 29.7 Å². The smallest absolute Gasteiger partial charge is 0.0393 e. The van der Waals surface area contributed by atoms with Crippen LogP contribution in [0.25, 0.3) is 0 Å². The molecule has 0 saturated carbocycles. The first-order valence-electron chi connectivity index (χ1n) is 7.56. The molecule has 1 N–H and O–H groups in total. The second-order valence-corrected chi connectivity index (χ2v) is 5.92. The molecule has 0 aromatic heterocycles. The van der Waals surface area contributed by atoms with Crippen LogP contribution in [0.15, 0.2) is 18.2 Å². The van der Waals surface area contributed by atoms with E-state index >= 15 is 0 Å². The minimum Gasteiger partial charge on any atom is -0.374 e. The normalized spacial score (nSPS) is 11.1. The lowest BCUT2D eigenvalue weighted by molar-refractivity contribution is 0.552. The Balaban J connectivity index is 2.58. The van der Waals surface area contributed by atoms with Crippen LogP contribution in [-0.4, -0.2) is 20.1 Å². The van der Waals surface area contributed by atoms with Gasteiger partial charge in [-0.15, -0.1) is 0 Å². The van der Waals surface area contributed by atoms with Crippen LogP contribution < -0.4 is 10.2 Å². The van der Waals surface area contributed by atoms with E-state index in [0.29, 0.717) is 5.92 Å². The summed E-state index contributed by atoms with van der Waals surface area (Å²) >= 11 is 0. The second-order valence-electron chi connectivity index (χ2n) is 5.92. The first-order chi connectivity index (χ1) is 9.04. The van der Waals surface area contributed by atoms with Gasteiger partial charge in [0.1, 0.15) is 0 Å². The van der Waals surface area contributed by atoms with Crippen molar-refractivity contribution in [3.05, 3.63) is 29.3 Å². The molecule has 0 heterocycles. The molecule has 1 aromatic rings. The van der Waals surface area contributed by atoms with Gasteiger partial charge in [0, 0.05) is 25.8 Å². The molecule has 0 aliphatic carbocycles. The predicted octanol–water partition coefficient (Wildman–Crippen LogP) is 3.98. The quantitative estimate of drug-likeness (QED) is 0.762. The van der Waals surface area contributed by atoms with Gasteiger partial charge in [0.15, 0.2) is 0 Å². The van der Waals surface area contributed by atoms with Gasteiger partial charge in [0.25, 0.3) is 0 Å². The molecule has 0 radical (unpaired) electrons. The maximum absolute atomic E-state index is 3.50. The summed E-state index contributed by atoms with van der Waals surface area (Å²) in [6, 6.07) is 6.82. The largest absolute Gasteiger partial charge is 0.374 e. The Labute approximate surface area is 119 Å². The van der Waals surface area contributed by atoms with Crippen molar-refractivity contribution in [1.82, 2.24) is 5.32 Å². The van der Waals surface area contributed by atoms with E-state index in [0.717, 1.165) is 19.6 Å². The fourth-order valence-corrected chi connectivity index (χ4v) is 2.28. The van der Waals surface area contributed by atoms with Gasteiger partial charge in [0.2, 0.25) is 0 Å². The van der Waals surface area contributed by atoms with Gasteiger partial charge < -0.3 is 10.2 Å². The highest BCUT2D eigenvalue weighted by Gasteiger charge is 2.05. The van der Waals surface area contributed by atoms with Crippen LogP contribution in [0, 0.1) is 12.8 Å². The van der Waals surface area contributed by atoms with E-state index in [-0.39, 0.29) is 0 Å². The highest BCUT2D eigenvalue weighted by molar-refractivity contribution is 5.53. The van der Waals surface area contributed by atoms with Crippen LogP contribution in [0.4, 0.5) is 5.69 Å². The summed E-state index contributed by atoms with van der Waals surface area (Å²) < 4.78 is 0. The van der Waals surface area contributed by atoms with Crippen molar-refractivity contribution in [3.63, 3.8) is 0 Å². The van der Waals surface area contributed by atoms with Gasteiger partial charge in [-0.2, -0.15) is 0 Å². The van der Waals surface area contributed by atoms with E-state index in [1.807, 2.05) is 0 Å². The molecule has 0 spiro atoms. The maximum Gasteiger partial charge on any atom is 0.0393 e. The molecule has 0 fully saturated rings. The van der Waals surface area contributed by atoms with Crippen molar-refractivity contribution in [2.75, 3.05) is 25.0 Å². The third kappa shape index (κ3) is 5.65. The SMILES string of the molecule is CCCCN(C)c1ccc(CNCC(C)C)cc1C. The molecule has 0 aliphatic heterocycles. The number of hydrogen-bond acceptors (Lipinski definition) is 2. The Bertz CT molecular complexity index is 372. The van der Waals surface area contributed by atoms with Crippen molar-refractivity contribution in [1.29, 1.82) is 0 Å². The van der Waals surface area contributed by atoms with Gasteiger partial charge in [-0.25, -0.2) is 0 Å². The fourth-order valence-electron chi connectivity index (χ4n) is 2.28. The summed E-state index contributed by atoms with van der Waals surface area (Å²) in [6.45, 7) is 12.1. The number of hydrogen-bond donors (Lipinski definition) is 1. The highest BCUT2D eigenvalue weighted by Crippen LogP contribution is 2.20. The Morgan fingerprint density at radius 2 is 2.00 bits per heavy atom. The summed E-state index contributed by atoms with van der Waals surface area (Å²) in [5, 5.41) is 3.50. The van der Waals surface area contributed by atoms with Crippen LogP contribution >= 0.6 is 0 Å². The molecule has 108 valence electrons. The zero-order chi connectivity index (χ0) is 14.3. The molecule has 0 aliphatic rings. The molecule has 2 heteroatoms. The lowest BCUT2D eigenvalue weighted by Gasteiger charge is -2.22. The Kier molecular flexibility index (Phi) is 6.93. The van der Waals surface area contributed by atoms with E-state index in [9.17, 15) is 0 Å². The van der Waals surface area contributed by atoms with E-state index < -0.39 is 0 Å². The van der Waals surface area contributed by atoms with Gasteiger partial charge >= 0.3 is 0 Å². The van der Waals surface area contributed by atoms with Crippen LogP contribution in [-0.2, 0) is 6.54 Å². The van der Waals surface area contributed by atoms with Crippen LogP contribution in [0.1, 0.15) is 44.7 Å². The predicted molar refractivity (Wildman–Crippen MR) is 85.9 cm³/mol. The number of unbranched alkanes of at least 4 members (excludes halogenated alkanes) is 1. The Morgan fingerprint density at radius 1 is 1.26 bits per heavy atom. The van der Waals surface area contributed by atoms with Crippen molar-refractivity contribution < 1.29 is 0 Å². The van der Waals surface area contributed by atoms with Crippen molar-refractivity contribution in [3.8, 4) is 0 Å². The number of aryl methyl sites for hydroxylation is 1. The Hall–Kier alpha value is -1.02. The Morgan fingerprint density at radius 3 is 2.58 bits per heavy atom. The zero-order valence-corrected chi connectivity index (χ0v) is 13.3. The molecule has 19 heavy (non-hydrogen) atoms. The number of anilines is 1. The van der Waals surface area contributed by atoms with Crippen molar-refractivity contribution in [2.24, 2.45) is 5.92 Å². The maximum atomic E-state index is 3.50. The first-order valence-corrected chi connectivity index (χ1v) is 7.56. The fraction of sp³-hybridized carbons (Fsp3) is 0.647. The molecule has 1 aromatic carbocycles. The minimum absolute atomic E-state index is 0.709. The molecule has 0 saturated heterocycles. The van der Waals surface area contributed by atoms with Gasteiger partial charge in [-0.3, -0.25) is 0 Å². The molecular weight excluding hydrogens is 232 g/mol. The monoisotopic (exact) mass is 262 g/mol. The summed E-state index contributed by atoms with van der Waals surface area (Å²) in [5.74, 6) is 0.709. The van der Waals surface area contributed by atoms with E-state index in [4.69, 9.17) is 0 Å². The van der Waals surface area contributed by atoms with E-state index in [1.54, 1.807) is 0 Å². The summed E-state index contributed by atoms with van der Waals surface area (Å²) in [5.41, 5.74) is 4.12. The molecule has 0 amide bonds. The average Bonchev–Trinajstić information content (AvgIpc) is 2.35. The molecule has 0 unspecified atom stereocenters. The van der Waals surface area contributed by atoms with Crippen LogP contribution in [0.3, 0.4) is 0 Å². The number of benzene rings is 1. The lowest BCUT2D eigenvalue weighted by atomic mass is 10.1. The standard InChI is InChI=1S/C17H30N2/c1-6-7-10-19(5)17-9-8-16(11-15(17)4)13-18-12-14(2)3/h8-9,11,14,18H,6-7,10,12-13H2,1-5H3. The zero-order valence-electron chi connectivity index (χ0n) is 13.3. The summed E-state index contributed by atoms with van der Waals surface area (Å²) in [4.78, 5) is 2.37. The summed E-state index contributed by atoms with van der Waals surface area (Å²) in [6.07, 6.45) is 2.51. The summed E-state index contributed by atoms with van der Waals surface area (Å²) in [7, 11) is 2.19. The second kappa shape index (κ2) is 8.21. The number of nitrogens with zero attached hydrogens (tertiary/aromatic N) is 1. The van der Waals surface area contributed by atoms with Gasteiger partial charge in [-0.1, -0.05) is 39.3 Å². The van der Waals surface area contributed by atoms with Crippen LogP contribution in [0.2, 0.25) is 0 Å². The first kappa shape index (κ1) is 16.0. The van der Waals surface area contributed by atoms with Crippen molar-refractivity contribution >= 4 is 5.69 Å². The molecular formula is C17H30N2. The molecule has 1 rings (SSSR count). The molecule has 2 nitrogen and oxygen atoms in total. The average molecular weight is 262 g/mol. The topological polar surface area (TPSA) is 15.3 Å². The number of nitrogens with one attached hydrogen (secondary N) is 1. The molecule has 0 bridgehead atoms. The third-order valence-electron chi connectivity index (χ3n) is 3.40. The molecule has 0 atom stereocenters. The number of rotatable bonds is 8. The minimum atomic E-state index is 0.709. The van der Waals surface area contributed by atoms with Gasteiger partial charge in [0.05, 0.1) is 0 Å². The van der Waals surface area contributed by atoms with E-state index in [2.05, 4.69) is 63.2 Å². The highest BCUT2D eigenvalue weighted by atomic mass is 15.1.